The zero-order valence-electron chi connectivity index (χ0n) is 12.1. The van der Waals surface area contributed by atoms with Crippen molar-refractivity contribution in [1.29, 1.82) is 0 Å². The van der Waals surface area contributed by atoms with Gasteiger partial charge < -0.3 is 4.98 Å². The first-order chi connectivity index (χ1) is 10.6. The van der Waals surface area contributed by atoms with Gasteiger partial charge in [-0.2, -0.15) is 0 Å². The predicted octanol–water partition coefficient (Wildman–Crippen LogP) is 3.73. The first-order valence-corrected chi connectivity index (χ1v) is 11.2. The van der Waals surface area contributed by atoms with Gasteiger partial charge in [-0.25, -0.2) is 8.42 Å². The van der Waals surface area contributed by atoms with Crippen molar-refractivity contribution >= 4 is 87.1 Å². The molecule has 0 aliphatic carbocycles. The summed E-state index contributed by atoms with van der Waals surface area (Å²) in [4.78, 5) is 4.16. The van der Waals surface area contributed by atoms with Gasteiger partial charge in [0.2, 0.25) is 0 Å². The first kappa shape index (κ1) is 19.0. The van der Waals surface area contributed by atoms with E-state index in [0.29, 0.717) is 6.42 Å². The second kappa shape index (κ2) is 7.68. The number of thiocarbonyl (C=S) groups is 1. The van der Waals surface area contributed by atoms with Crippen LogP contribution in [-0.2, 0) is 8.87 Å². The van der Waals surface area contributed by atoms with Crippen molar-refractivity contribution in [2.24, 2.45) is 0 Å². The Balaban J connectivity index is 0.00000192. The zero-order chi connectivity index (χ0) is 15.7. The van der Waals surface area contributed by atoms with Crippen LogP contribution in [0.5, 0.6) is 0 Å². The van der Waals surface area contributed by atoms with E-state index in [1.54, 1.807) is 0 Å². The van der Waals surface area contributed by atoms with Crippen LogP contribution >= 0.6 is 22.1 Å². The molecule has 3 aromatic rings. The minimum atomic E-state index is -3.22. The fraction of sp³-hybridized carbons (Fsp3) is 0.188. The van der Waals surface area contributed by atoms with Crippen molar-refractivity contribution in [2.75, 3.05) is 5.75 Å². The molecule has 23 heavy (non-hydrogen) atoms. The molecule has 3 nitrogen and oxygen atoms in total. The number of hydrogen-bond acceptors (Lipinski definition) is 3. The Bertz CT molecular complexity index is 950. The fourth-order valence-corrected chi connectivity index (χ4v) is 8.96. The third-order valence-corrected chi connectivity index (χ3v) is 10.5. The van der Waals surface area contributed by atoms with Crippen LogP contribution < -0.4 is 0 Å². The quantitative estimate of drug-likeness (QED) is 0.309. The van der Waals surface area contributed by atoms with Gasteiger partial charge in [-0.05, 0) is 18.6 Å². The summed E-state index contributed by atoms with van der Waals surface area (Å²) in [5, 5.41) is 2.15. The van der Waals surface area contributed by atoms with E-state index in [1.165, 1.54) is 4.70 Å². The second-order valence-electron chi connectivity index (χ2n) is 5.09. The number of hydrogen-bond donors (Lipinski definition) is 2. The van der Waals surface area contributed by atoms with E-state index < -0.39 is 18.8 Å². The molecule has 0 aliphatic heterocycles. The number of H-pyrrole nitrogens is 1. The molecule has 1 heterocycles. The van der Waals surface area contributed by atoms with Crippen molar-refractivity contribution in [3.8, 4) is 0 Å². The Morgan fingerprint density at radius 1 is 1.13 bits per heavy atom. The number of nitrogens with one attached hydrogen (secondary N) is 1. The van der Waals surface area contributed by atoms with Gasteiger partial charge in [-0.3, -0.25) is 0 Å². The van der Waals surface area contributed by atoms with Crippen LogP contribution in [0.3, 0.4) is 0 Å². The molecule has 0 bridgehead atoms. The maximum atomic E-state index is 12.5. The molecule has 1 unspecified atom stereocenters. The summed E-state index contributed by atoms with van der Waals surface area (Å²) < 4.78 is 26.5. The molecule has 7 heteroatoms. The molecular formula is C16H18NNaO2S3. The predicted molar refractivity (Wildman–Crippen MR) is 108 cm³/mol. The van der Waals surface area contributed by atoms with Gasteiger partial charge in [-0.1, -0.05) is 59.4 Å². The molecule has 1 aromatic heterocycles. The van der Waals surface area contributed by atoms with Crippen molar-refractivity contribution in [3.63, 3.8) is 0 Å². The number of benzene rings is 2. The Labute approximate surface area is 165 Å². The summed E-state index contributed by atoms with van der Waals surface area (Å²) in [6.45, 7) is 1.87. The Kier molecular flexibility index (Phi) is 6.33. The molecule has 0 spiro atoms. The summed E-state index contributed by atoms with van der Waals surface area (Å²) in [6.07, 6.45) is 0.604. The molecule has 1 atom stereocenters. The van der Waals surface area contributed by atoms with Gasteiger partial charge >= 0.3 is 29.6 Å². The van der Waals surface area contributed by atoms with E-state index in [0.717, 1.165) is 26.7 Å². The van der Waals surface area contributed by atoms with Crippen molar-refractivity contribution < 1.29 is 8.42 Å². The second-order valence-corrected chi connectivity index (χ2v) is 11.5. The Hall–Kier alpha value is -0.370. The Morgan fingerprint density at radius 2 is 1.83 bits per heavy atom. The van der Waals surface area contributed by atoms with Crippen LogP contribution in [0.15, 0.2) is 47.4 Å². The van der Waals surface area contributed by atoms with Crippen LogP contribution in [0.25, 0.3) is 21.8 Å². The summed E-state index contributed by atoms with van der Waals surface area (Å²) in [6, 6.07) is 13.8. The molecular weight excluding hydrogens is 357 g/mol. The molecule has 3 rings (SSSR count). The number of para-hydroxylation sites is 2. The van der Waals surface area contributed by atoms with Crippen LogP contribution in [-0.4, -0.2) is 53.4 Å². The molecule has 0 saturated carbocycles. The standard InChI is InChI=1S/C16H17NO2S3.Na.H/c1-2-10-22(18,19)21(11-20)15-9-5-7-13-12-6-3-4-8-14(12)17-16(13)15;;/h3-9,11,17,21H,2,10H2,1H3;;. The van der Waals surface area contributed by atoms with Crippen LogP contribution in [0.1, 0.15) is 13.3 Å². The Morgan fingerprint density at radius 3 is 2.52 bits per heavy atom. The van der Waals surface area contributed by atoms with E-state index in [4.69, 9.17) is 12.2 Å². The van der Waals surface area contributed by atoms with Crippen molar-refractivity contribution in [3.05, 3.63) is 42.5 Å². The van der Waals surface area contributed by atoms with Gasteiger partial charge in [0.05, 0.1) is 11.3 Å². The number of rotatable bonds is 5. The number of aromatic nitrogens is 1. The van der Waals surface area contributed by atoms with Crippen LogP contribution in [0, 0.1) is 0 Å². The third kappa shape index (κ3) is 3.52. The van der Waals surface area contributed by atoms with Crippen molar-refractivity contribution in [2.45, 2.75) is 18.2 Å². The van der Waals surface area contributed by atoms with E-state index in [1.807, 2.05) is 49.4 Å². The molecule has 0 saturated heterocycles. The molecule has 0 fully saturated rings. The van der Waals surface area contributed by atoms with Gasteiger partial charge in [-0.15, -0.1) is 0 Å². The van der Waals surface area contributed by atoms with E-state index in [9.17, 15) is 8.42 Å². The van der Waals surface area contributed by atoms with Gasteiger partial charge in [0.15, 0.2) is 8.87 Å². The van der Waals surface area contributed by atoms with E-state index in [2.05, 4.69) is 4.98 Å². The van der Waals surface area contributed by atoms with Crippen LogP contribution in [0.4, 0.5) is 0 Å². The number of aromatic amines is 1. The van der Waals surface area contributed by atoms with Gasteiger partial charge in [0.25, 0.3) is 0 Å². The minimum absolute atomic E-state index is 0. The van der Waals surface area contributed by atoms with Gasteiger partial charge in [0, 0.05) is 25.9 Å². The molecule has 2 aromatic carbocycles. The van der Waals surface area contributed by atoms with Crippen LogP contribution in [0.2, 0.25) is 0 Å². The molecule has 0 amide bonds. The number of thiol groups is 1. The van der Waals surface area contributed by atoms with Gasteiger partial charge in [0.1, 0.15) is 0 Å². The summed E-state index contributed by atoms with van der Waals surface area (Å²) in [5.41, 5.74) is 1.90. The SMILES string of the molecule is CCCS(=O)(=O)[SH](C=S)c1cccc2c1[nH]c1ccccc12.[NaH]. The molecule has 118 valence electrons. The van der Waals surface area contributed by atoms with E-state index in [-0.39, 0.29) is 35.3 Å². The molecule has 0 aliphatic rings. The summed E-state index contributed by atoms with van der Waals surface area (Å²) >= 11 is 5.07. The number of fused-ring (bicyclic) bond motifs is 3. The summed E-state index contributed by atoms with van der Waals surface area (Å²) in [7, 11) is -4.73. The topological polar surface area (TPSA) is 49.9 Å². The summed E-state index contributed by atoms with van der Waals surface area (Å²) in [5.74, 6) is 0.169. The normalized spacial score (nSPS) is 13.7. The monoisotopic (exact) mass is 375 g/mol. The van der Waals surface area contributed by atoms with E-state index >= 15 is 0 Å². The third-order valence-electron chi connectivity index (χ3n) is 3.61. The van der Waals surface area contributed by atoms with Crippen molar-refractivity contribution in [1.82, 2.24) is 4.98 Å². The first-order valence-electron chi connectivity index (χ1n) is 7.05. The molecule has 0 radical (unpaired) electrons. The zero-order valence-corrected chi connectivity index (χ0v) is 14.6. The fourth-order valence-electron chi connectivity index (χ4n) is 2.67. The average molecular weight is 376 g/mol. The maximum absolute atomic E-state index is 12.5. The molecule has 1 N–H and O–H groups in total. The average Bonchev–Trinajstić information content (AvgIpc) is 2.87.